The Morgan fingerprint density at radius 1 is 1.21 bits per heavy atom. The van der Waals surface area contributed by atoms with Crippen LogP contribution in [-0.4, -0.2) is 88.2 Å². The number of aliphatic carboxylic acids is 1. The molecule has 4 aromatic rings. The molecule has 2 aromatic heterocycles. The van der Waals surface area contributed by atoms with Gasteiger partial charge in [-0.1, -0.05) is 0 Å². The lowest BCUT2D eigenvalue weighted by atomic mass is 10.1. The van der Waals surface area contributed by atoms with Crippen LogP contribution in [0.4, 0.5) is 24.7 Å². The third-order valence-corrected chi connectivity index (χ3v) is 6.85. The van der Waals surface area contributed by atoms with Crippen molar-refractivity contribution in [2.75, 3.05) is 39.6 Å². The van der Waals surface area contributed by atoms with Gasteiger partial charge >= 0.3 is 12.1 Å². The summed E-state index contributed by atoms with van der Waals surface area (Å²) in [6, 6.07) is 15.2. The lowest BCUT2D eigenvalue weighted by Crippen LogP contribution is -2.38. The number of benzene rings is 2. The topological polar surface area (TPSA) is 147 Å². The fourth-order valence-corrected chi connectivity index (χ4v) is 4.56. The fourth-order valence-electron chi connectivity index (χ4n) is 4.56. The summed E-state index contributed by atoms with van der Waals surface area (Å²) in [6.07, 6.45) is -0.806. The number of amides is 1. The van der Waals surface area contributed by atoms with Gasteiger partial charge in [-0.05, 0) is 62.5 Å². The molecular weight excluding hydrogens is 567 g/mol. The van der Waals surface area contributed by atoms with Crippen LogP contribution in [0, 0.1) is 11.3 Å². The second-order valence-electron chi connectivity index (χ2n) is 9.85. The van der Waals surface area contributed by atoms with Crippen molar-refractivity contribution in [3.63, 3.8) is 0 Å². The van der Waals surface area contributed by atoms with Gasteiger partial charge in [0.1, 0.15) is 17.3 Å². The Morgan fingerprint density at radius 3 is 2.58 bits per heavy atom. The molecule has 3 N–H and O–H groups in total. The second-order valence-corrected chi connectivity index (χ2v) is 9.85. The monoisotopic (exact) mass is 595 g/mol. The normalized spacial score (nSPS) is 14.9. The summed E-state index contributed by atoms with van der Waals surface area (Å²) in [4.78, 5) is 38.4. The number of likely N-dealkylation sites (N-methyl/N-ethyl adjacent to an activating group) is 2. The van der Waals surface area contributed by atoms with Crippen LogP contribution in [0.3, 0.4) is 0 Å². The number of nitrogens with one attached hydrogen (secondary N) is 2. The number of hydrogen-bond donors (Lipinski definition) is 3. The van der Waals surface area contributed by atoms with Gasteiger partial charge < -0.3 is 29.9 Å². The molecular formula is C29H28F3N7O4. The van der Waals surface area contributed by atoms with Crippen molar-refractivity contribution in [3.05, 3.63) is 66.0 Å². The van der Waals surface area contributed by atoms with Crippen LogP contribution in [0.5, 0.6) is 5.75 Å². The third kappa shape index (κ3) is 7.38. The number of nitrogens with zero attached hydrogens (tertiary/aromatic N) is 5. The van der Waals surface area contributed by atoms with E-state index in [9.17, 15) is 18.0 Å². The molecule has 1 amide bonds. The molecule has 0 aliphatic carbocycles. The Morgan fingerprint density at radius 2 is 1.95 bits per heavy atom. The minimum atomic E-state index is -5.08. The number of alkyl halides is 3. The van der Waals surface area contributed by atoms with Crippen LogP contribution in [0.1, 0.15) is 22.3 Å². The van der Waals surface area contributed by atoms with Gasteiger partial charge in [0.25, 0.3) is 5.91 Å². The number of H-pyrrole nitrogens is 1. The largest absolute Gasteiger partial charge is 0.495 e. The summed E-state index contributed by atoms with van der Waals surface area (Å²) in [7, 11) is 5.51. The molecule has 0 bridgehead atoms. The van der Waals surface area contributed by atoms with Crippen LogP contribution in [0.2, 0.25) is 0 Å². The number of methoxy groups -OCH3 is 1. The van der Waals surface area contributed by atoms with E-state index >= 15 is 0 Å². The number of carboxylic acids is 1. The number of ether oxygens (including phenoxy) is 1. The van der Waals surface area contributed by atoms with E-state index in [-0.39, 0.29) is 11.9 Å². The summed E-state index contributed by atoms with van der Waals surface area (Å²) >= 11 is 0. The minimum Gasteiger partial charge on any atom is -0.495 e. The van der Waals surface area contributed by atoms with Gasteiger partial charge in [-0.15, -0.1) is 0 Å². The number of halogens is 3. The van der Waals surface area contributed by atoms with E-state index in [0.29, 0.717) is 34.1 Å². The Kier molecular flexibility index (Phi) is 9.15. The van der Waals surface area contributed by atoms with Crippen LogP contribution in [0.15, 0.2) is 54.9 Å². The molecule has 2 aromatic carbocycles. The van der Waals surface area contributed by atoms with E-state index in [4.69, 9.17) is 24.9 Å². The molecule has 1 atom stereocenters. The number of anilines is 2. The van der Waals surface area contributed by atoms with Crippen LogP contribution >= 0.6 is 0 Å². The summed E-state index contributed by atoms with van der Waals surface area (Å²) < 4.78 is 37.3. The maximum atomic E-state index is 13.1. The Balaban J connectivity index is 0.000000541. The number of aromatic nitrogens is 3. The van der Waals surface area contributed by atoms with E-state index in [1.54, 1.807) is 37.7 Å². The fraction of sp³-hybridized carbons (Fsp3) is 0.276. The van der Waals surface area contributed by atoms with Crippen molar-refractivity contribution >= 4 is 34.3 Å². The highest BCUT2D eigenvalue weighted by molar-refractivity contribution is 5.95. The molecule has 3 heterocycles. The number of carbonyl (C=O) groups excluding carboxylic acids is 1. The predicted molar refractivity (Wildman–Crippen MR) is 152 cm³/mol. The van der Waals surface area contributed by atoms with Crippen LogP contribution in [-0.2, 0) is 4.79 Å². The van der Waals surface area contributed by atoms with E-state index in [1.165, 1.54) is 0 Å². The smallest absolute Gasteiger partial charge is 0.490 e. The summed E-state index contributed by atoms with van der Waals surface area (Å²) in [6.45, 7) is 1.87. The first kappa shape index (κ1) is 30.8. The zero-order valence-corrected chi connectivity index (χ0v) is 23.4. The highest BCUT2D eigenvalue weighted by atomic mass is 19.4. The quantitative estimate of drug-likeness (QED) is 0.290. The molecule has 14 heteroatoms. The molecule has 1 unspecified atom stereocenters. The van der Waals surface area contributed by atoms with Crippen molar-refractivity contribution in [3.8, 4) is 23.2 Å². The first-order valence-corrected chi connectivity index (χ1v) is 13.0. The molecule has 11 nitrogen and oxygen atoms in total. The van der Waals surface area contributed by atoms with Gasteiger partial charge in [-0.25, -0.2) is 9.78 Å². The molecule has 5 rings (SSSR count). The maximum absolute atomic E-state index is 13.1. The molecule has 43 heavy (non-hydrogen) atoms. The van der Waals surface area contributed by atoms with Gasteiger partial charge in [-0.2, -0.15) is 18.4 Å². The zero-order valence-electron chi connectivity index (χ0n) is 23.4. The Hall–Kier alpha value is -5.16. The number of carbonyl (C=O) groups is 2. The van der Waals surface area contributed by atoms with Crippen molar-refractivity contribution in [2.45, 2.75) is 18.6 Å². The molecule has 1 aliphatic rings. The number of nitriles is 1. The van der Waals surface area contributed by atoms with Gasteiger partial charge in [0, 0.05) is 36.1 Å². The van der Waals surface area contributed by atoms with Gasteiger partial charge in [-0.3, -0.25) is 9.78 Å². The second kappa shape index (κ2) is 12.8. The molecule has 1 aliphatic heterocycles. The summed E-state index contributed by atoms with van der Waals surface area (Å²) in [5.74, 6) is -1.71. The van der Waals surface area contributed by atoms with Crippen molar-refractivity contribution < 1.29 is 32.6 Å². The first-order valence-electron chi connectivity index (χ1n) is 13.0. The summed E-state index contributed by atoms with van der Waals surface area (Å²) in [5, 5.41) is 20.5. The van der Waals surface area contributed by atoms with E-state index in [2.05, 4.69) is 33.3 Å². The van der Waals surface area contributed by atoms with E-state index in [1.807, 2.05) is 36.2 Å². The molecule has 224 valence electrons. The predicted octanol–water partition coefficient (Wildman–Crippen LogP) is 4.66. The number of fused-ring (bicyclic) bond motifs is 1. The summed E-state index contributed by atoms with van der Waals surface area (Å²) in [5.41, 5.74) is 4.22. The van der Waals surface area contributed by atoms with E-state index in [0.717, 1.165) is 36.1 Å². The minimum absolute atomic E-state index is 0.0275. The first-order chi connectivity index (χ1) is 20.4. The SMILES string of the molecule is COc1cc(C(=O)N(C)C2CCN(C)C2)ccc1Nc1cncc(-c2cc3cc(C#N)ccc3[nH]2)n1.O=C(O)C(F)(F)F. The van der Waals surface area contributed by atoms with Crippen molar-refractivity contribution in [1.29, 1.82) is 5.26 Å². The van der Waals surface area contributed by atoms with Crippen LogP contribution in [0.25, 0.3) is 22.3 Å². The van der Waals surface area contributed by atoms with Crippen LogP contribution < -0.4 is 10.1 Å². The standard InChI is InChI=1S/C27H27N7O2.C2HF3O2/c1-33-9-8-20(16-33)34(2)27(35)18-5-7-22(25(12-18)36-3)31-26-15-29-14-24(32-26)23-11-19-10-17(13-28)4-6-21(19)30-23;3-2(4,5)1(6)7/h4-7,10-12,14-15,20,30H,8-9,16H2,1-3H3,(H,31,32);(H,6,7). The number of rotatable bonds is 6. The molecule has 1 fully saturated rings. The highest BCUT2D eigenvalue weighted by Crippen LogP contribution is 2.30. The van der Waals surface area contributed by atoms with E-state index < -0.39 is 12.1 Å². The molecule has 0 saturated carbocycles. The zero-order chi connectivity index (χ0) is 31.3. The number of hydrogen-bond acceptors (Lipinski definition) is 8. The van der Waals surface area contributed by atoms with Crippen molar-refractivity contribution in [1.82, 2.24) is 24.8 Å². The van der Waals surface area contributed by atoms with Gasteiger partial charge in [0.15, 0.2) is 0 Å². The lowest BCUT2D eigenvalue weighted by molar-refractivity contribution is -0.192. The number of carboxylic acid groups (broad SMARTS) is 1. The Labute approximate surface area is 244 Å². The number of aromatic amines is 1. The highest BCUT2D eigenvalue weighted by Gasteiger charge is 2.38. The lowest BCUT2D eigenvalue weighted by Gasteiger charge is -2.25. The van der Waals surface area contributed by atoms with Gasteiger partial charge in [0.2, 0.25) is 0 Å². The maximum Gasteiger partial charge on any atom is 0.490 e. The third-order valence-electron chi connectivity index (χ3n) is 6.85. The average Bonchev–Trinajstić information content (AvgIpc) is 3.62. The van der Waals surface area contributed by atoms with Gasteiger partial charge in [0.05, 0.1) is 42.5 Å². The molecule has 0 spiro atoms. The van der Waals surface area contributed by atoms with Crippen molar-refractivity contribution in [2.24, 2.45) is 0 Å². The molecule has 1 saturated heterocycles. The molecule has 0 radical (unpaired) electrons. The number of likely N-dealkylation sites (tertiary alicyclic amines) is 1. The average molecular weight is 596 g/mol. The Bertz CT molecular complexity index is 1680.